The van der Waals surface area contributed by atoms with Crippen molar-refractivity contribution in [3.63, 3.8) is 0 Å². The highest BCUT2D eigenvalue weighted by atomic mass is 35.5. The van der Waals surface area contributed by atoms with Crippen molar-refractivity contribution in [2.24, 2.45) is 0 Å². The van der Waals surface area contributed by atoms with E-state index in [1.165, 1.54) is 0 Å². The van der Waals surface area contributed by atoms with Gasteiger partial charge in [-0.1, -0.05) is 6.07 Å². The van der Waals surface area contributed by atoms with E-state index in [0.29, 0.717) is 37.7 Å². The summed E-state index contributed by atoms with van der Waals surface area (Å²) in [5, 5.41) is 2.85. The maximum absolute atomic E-state index is 12.5. The molecule has 1 unspecified atom stereocenters. The van der Waals surface area contributed by atoms with Gasteiger partial charge in [0.15, 0.2) is 0 Å². The van der Waals surface area contributed by atoms with Crippen LogP contribution in [0, 0.1) is 6.92 Å². The zero-order valence-electron chi connectivity index (χ0n) is 21.1. The molecule has 1 N–H and O–H groups in total. The van der Waals surface area contributed by atoms with Gasteiger partial charge in [-0.05, 0) is 84.6 Å². The van der Waals surface area contributed by atoms with E-state index in [-0.39, 0.29) is 12.4 Å². The molecule has 0 aliphatic rings. The zero-order chi connectivity index (χ0) is 25.2. The Hall–Kier alpha value is -1.66. The Bertz CT molecular complexity index is 737. The molecule has 1 amide bonds. The number of aryl methyl sites for hydroxylation is 2. The minimum Gasteiger partial charge on any atom is -0.460 e. The summed E-state index contributed by atoms with van der Waals surface area (Å²) in [6, 6.07) is 5.85. The van der Waals surface area contributed by atoms with Gasteiger partial charge >= 0.3 is 12.1 Å². The topological polar surface area (TPSA) is 67.9 Å². The third-order valence-corrected chi connectivity index (χ3v) is 5.06. The molecule has 0 aliphatic carbocycles. The first-order valence-corrected chi connectivity index (χ1v) is 12.5. The first-order valence-electron chi connectivity index (χ1n) is 11.4. The molecule has 0 saturated carbocycles. The SMILES string of the molecule is Cc1ccc(N(CCCl)CCCl)cc1CCC(CC(=O)OC(C)(C)C)NC(=O)OC(C)(C)C. The van der Waals surface area contributed by atoms with Gasteiger partial charge in [-0.3, -0.25) is 4.79 Å². The van der Waals surface area contributed by atoms with Crippen LogP contribution in [0.5, 0.6) is 0 Å². The number of carbonyl (C=O) groups excluding carboxylic acids is 2. The Morgan fingerprint density at radius 3 is 2.09 bits per heavy atom. The van der Waals surface area contributed by atoms with Crippen molar-refractivity contribution in [2.75, 3.05) is 29.7 Å². The van der Waals surface area contributed by atoms with Gasteiger partial charge in [-0.25, -0.2) is 4.79 Å². The van der Waals surface area contributed by atoms with Crippen LogP contribution >= 0.6 is 23.2 Å². The minimum atomic E-state index is -0.625. The van der Waals surface area contributed by atoms with Crippen LogP contribution in [-0.4, -0.2) is 54.2 Å². The Labute approximate surface area is 209 Å². The molecule has 0 fully saturated rings. The number of alkyl carbamates (subject to hydrolysis) is 1. The lowest BCUT2D eigenvalue weighted by Crippen LogP contribution is -2.41. The molecule has 1 aromatic carbocycles. The minimum absolute atomic E-state index is 0.0693. The van der Waals surface area contributed by atoms with Crippen molar-refractivity contribution in [1.29, 1.82) is 0 Å². The fourth-order valence-corrected chi connectivity index (χ4v) is 3.72. The number of hydrogen-bond donors (Lipinski definition) is 1. The average molecular weight is 504 g/mol. The number of amides is 1. The van der Waals surface area contributed by atoms with Crippen LogP contribution in [0.3, 0.4) is 0 Å². The maximum Gasteiger partial charge on any atom is 0.407 e. The van der Waals surface area contributed by atoms with E-state index in [9.17, 15) is 9.59 Å². The summed E-state index contributed by atoms with van der Waals surface area (Å²) in [6.07, 6.45) is 0.767. The van der Waals surface area contributed by atoms with Crippen LogP contribution < -0.4 is 10.2 Å². The predicted octanol–water partition coefficient (Wildman–Crippen LogP) is 5.84. The second-order valence-electron chi connectivity index (χ2n) is 10.1. The normalized spacial score (nSPS) is 12.8. The molecule has 1 rings (SSSR count). The summed E-state index contributed by atoms with van der Waals surface area (Å²) in [6.45, 7) is 14.3. The number of carbonyl (C=O) groups is 2. The second-order valence-corrected chi connectivity index (χ2v) is 10.9. The summed E-state index contributed by atoms with van der Waals surface area (Å²) in [5.41, 5.74) is 2.12. The van der Waals surface area contributed by atoms with Crippen LogP contribution in [-0.2, 0) is 20.7 Å². The third-order valence-electron chi connectivity index (χ3n) is 4.72. The van der Waals surface area contributed by atoms with Crippen LogP contribution in [0.15, 0.2) is 18.2 Å². The molecule has 0 aromatic heterocycles. The number of alkyl halides is 2. The third kappa shape index (κ3) is 12.4. The number of nitrogens with one attached hydrogen (secondary N) is 1. The van der Waals surface area contributed by atoms with E-state index in [0.717, 1.165) is 16.8 Å². The van der Waals surface area contributed by atoms with Crippen LogP contribution in [0.2, 0.25) is 0 Å². The lowest BCUT2D eigenvalue weighted by atomic mass is 9.98. The van der Waals surface area contributed by atoms with Crippen LogP contribution in [0.25, 0.3) is 0 Å². The van der Waals surface area contributed by atoms with E-state index < -0.39 is 23.3 Å². The molecule has 0 saturated heterocycles. The summed E-state index contributed by atoms with van der Waals surface area (Å²) >= 11 is 11.9. The van der Waals surface area contributed by atoms with Gasteiger partial charge in [0.2, 0.25) is 0 Å². The molecule has 8 heteroatoms. The van der Waals surface area contributed by atoms with Crippen molar-refractivity contribution in [3.8, 4) is 0 Å². The van der Waals surface area contributed by atoms with Gasteiger partial charge in [-0.15, -0.1) is 23.2 Å². The fraction of sp³-hybridized carbons (Fsp3) is 0.680. The molecule has 0 spiro atoms. The molecule has 0 radical (unpaired) electrons. The van der Waals surface area contributed by atoms with E-state index in [2.05, 4.69) is 35.3 Å². The van der Waals surface area contributed by atoms with Gasteiger partial charge in [0.1, 0.15) is 11.2 Å². The molecule has 1 atom stereocenters. The monoisotopic (exact) mass is 502 g/mol. The summed E-state index contributed by atoms with van der Waals surface area (Å²) in [7, 11) is 0. The largest absolute Gasteiger partial charge is 0.460 e. The van der Waals surface area contributed by atoms with Crippen molar-refractivity contribution >= 4 is 41.0 Å². The quantitative estimate of drug-likeness (QED) is 0.304. The highest BCUT2D eigenvalue weighted by molar-refractivity contribution is 6.18. The van der Waals surface area contributed by atoms with Crippen LogP contribution in [0.1, 0.15) is 65.5 Å². The molecule has 0 heterocycles. The number of esters is 1. The Morgan fingerprint density at radius 1 is 1.00 bits per heavy atom. The smallest absolute Gasteiger partial charge is 0.407 e. The molecule has 188 valence electrons. The highest BCUT2D eigenvalue weighted by Crippen LogP contribution is 2.22. The average Bonchev–Trinajstić information content (AvgIpc) is 2.64. The molecule has 33 heavy (non-hydrogen) atoms. The number of ether oxygens (including phenoxy) is 2. The van der Waals surface area contributed by atoms with Crippen molar-refractivity contribution < 1.29 is 19.1 Å². The number of nitrogens with zero attached hydrogens (tertiary/aromatic N) is 1. The van der Waals surface area contributed by atoms with Gasteiger partial charge in [0.25, 0.3) is 0 Å². The molecule has 0 aliphatic heterocycles. The Kier molecular flexibility index (Phi) is 11.8. The first-order chi connectivity index (χ1) is 15.2. The van der Waals surface area contributed by atoms with Crippen molar-refractivity contribution in [2.45, 2.75) is 85.0 Å². The van der Waals surface area contributed by atoms with Crippen LogP contribution in [0.4, 0.5) is 10.5 Å². The number of benzene rings is 1. The second kappa shape index (κ2) is 13.3. The molecular weight excluding hydrogens is 463 g/mol. The molecule has 0 bridgehead atoms. The van der Waals surface area contributed by atoms with Gasteiger partial charge in [-0.2, -0.15) is 0 Å². The number of hydrogen-bond acceptors (Lipinski definition) is 5. The predicted molar refractivity (Wildman–Crippen MR) is 137 cm³/mol. The lowest BCUT2D eigenvalue weighted by Gasteiger charge is -2.26. The molecule has 6 nitrogen and oxygen atoms in total. The van der Waals surface area contributed by atoms with Gasteiger partial charge in [0.05, 0.1) is 6.42 Å². The number of halogens is 2. The first kappa shape index (κ1) is 29.4. The molecular formula is C25H40Cl2N2O4. The standard InChI is InChI=1S/C25H40Cl2N2O4/c1-18-8-11-21(29(14-12-26)15-13-27)16-19(18)9-10-20(17-22(30)32-24(2,3)4)28-23(31)33-25(5,6)7/h8,11,16,20H,9-10,12-15,17H2,1-7H3,(H,28,31). The maximum atomic E-state index is 12.5. The summed E-state index contributed by atoms with van der Waals surface area (Å²) in [5.74, 6) is 0.667. The van der Waals surface area contributed by atoms with E-state index in [1.54, 1.807) is 20.8 Å². The molecule has 1 aromatic rings. The van der Waals surface area contributed by atoms with E-state index in [1.807, 2.05) is 20.8 Å². The van der Waals surface area contributed by atoms with Crippen molar-refractivity contribution in [1.82, 2.24) is 5.32 Å². The van der Waals surface area contributed by atoms with E-state index >= 15 is 0 Å². The Morgan fingerprint density at radius 2 is 1.58 bits per heavy atom. The zero-order valence-corrected chi connectivity index (χ0v) is 22.6. The van der Waals surface area contributed by atoms with Gasteiger partial charge < -0.3 is 19.7 Å². The summed E-state index contributed by atoms with van der Waals surface area (Å²) in [4.78, 5) is 27.0. The Balaban J connectivity index is 2.98. The van der Waals surface area contributed by atoms with Gasteiger partial charge in [0, 0.05) is 36.6 Å². The highest BCUT2D eigenvalue weighted by Gasteiger charge is 2.24. The summed E-state index contributed by atoms with van der Waals surface area (Å²) < 4.78 is 10.9. The van der Waals surface area contributed by atoms with Crippen molar-refractivity contribution in [3.05, 3.63) is 29.3 Å². The van der Waals surface area contributed by atoms with E-state index in [4.69, 9.17) is 32.7 Å². The lowest BCUT2D eigenvalue weighted by molar-refractivity contribution is -0.155. The fourth-order valence-electron chi connectivity index (χ4n) is 3.31. The number of rotatable bonds is 11. The number of anilines is 1.